The molecule has 3 rings (SSSR count). The van der Waals surface area contributed by atoms with Crippen LogP contribution in [-0.4, -0.2) is 23.2 Å². The molecule has 0 unspecified atom stereocenters. The first-order chi connectivity index (χ1) is 11.3. The van der Waals surface area contributed by atoms with Crippen LogP contribution >= 0.6 is 0 Å². The topological polar surface area (TPSA) is 134 Å². The zero-order valence-corrected chi connectivity index (χ0v) is 12.6. The van der Waals surface area contributed by atoms with Crippen LogP contribution in [0.25, 0.3) is 22.3 Å². The first kappa shape index (κ1) is 15.8. The fraction of sp³-hybridized carbons (Fsp3) is 0. The molecule has 0 aliphatic rings. The first-order valence-corrected chi connectivity index (χ1v) is 7.88. The van der Waals surface area contributed by atoms with E-state index < -0.39 is 33.1 Å². The Morgan fingerprint density at radius 1 is 1.04 bits per heavy atom. The fourth-order valence-corrected chi connectivity index (χ4v) is 2.54. The van der Waals surface area contributed by atoms with E-state index in [2.05, 4.69) is 4.18 Å². The molecule has 0 atom stereocenters. The van der Waals surface area contributed by atoms with Crippen molar-refractivity contribution >= 4 is 21.4 Å². The van der Waals surface area contributed by atoms with Crippen molar-refractivity contribution in [2.45, 2.75) is 0 Å². The number of hydrogen-bond donors (Lipinski definition) is 3. The molecule has 24 heavy (non-hydrogen) atoms. The molecule has 8 nitrogen and oxygen atoms in total. The molecule has 9 heteroatoms. The zero-order chi connectivity index (χ0) is 17.5. The summed E-state index contributed by atoms with van der Waals surface area (Å²) < 4.78 is 39.6. The van der Waals surface area contributed by atoms with E-state index in [9.17, 15) is 23.4 Å². The molecule has 0 saturated carbocycles. The maximum absolute atomic E-state index is 12.2. The van der Waals surface area contributed by atoms with E-state index in [0.717, 1.165) is 12.1 Å². The minimum atomic E-state index is -4.80. The largest absolute Gasteiger partial charge is 0.504 e. The summed E-state index contributed by atoms with van der Waals surface area (Å²) in [6.45, 7) is 0. The van der Waals surface area contributed by atoms with Crippen molar-refractivity contribution in [2.75, 3.05) is 0 Å². The quantitative estimate of drug-likeness (QED) is 0.611. The first-order valence-electron chi connectivity index (χ1n) is 6.51. The van der Waals surface area contributed by atoms with Crippen LogP contribution in [-0.2, 0) is 10.4 Å². The molecular weight excluding hydrogens is 340 g/mol. The molecule has 0 saturated heterocycles. The predicted molar refractivity (Wildman–Crippen MR) is 83.4 cm³/mol. The van der Waals surface area contributed by atoms with Gasteiger partial charge in [-0.3, -0.25) is 9.35 Å². The van der Waals surface area contributed by atoms with Crippen LogP contribution in [0.4, 0.5) is 0 Å². The van der Waals surface area contributed by atoms with Crippen LogP contribution in [0, 0.1) is 0 Å². The monoisotopic (exact) mass is 350 g/mol. The van der Waals surface area contributed by atoms with Gasteiger partial charge in [0.2, 0.25) is 11.2 Å². The van der Waals surface area contributed by atoms with Crippen LogP contribution in [0.2, 0.25) is 0 Å². The number of phenols is 1. The summed E-state index contributed by atoms with van der Waals surface area (Å²) in [5.74, 6) is -2.02. The summed E-state index contributed by atoms with van der Waals surface area (Å²) in [6.07, 6.45) is 0. The number of para-hydroxylation sites is 1. The Labute approximate surface area is 135 Å². The Kier molecular flexibility index (Phi) is 3.66. The van der Waals surface area contributed by atoms with Gasteiger partial charge in [0.25, 0.3) is 0 Å². The highest BCUT2D eigenvalue weighted by atomic mass is 32.3. The molecule has 0 radical (unpaired) electrons. The molecule has 0 bridgehead atoms. The summed E-state index contributed by atoms with van der Waals surface area (Å²) in [4.78, 5) is 12.2. The van der Waals surface area contributed by atoms with Crippen LogP contribution in [0.15, 0.2) is 51.7 Å². The van der Waals surface area contributed by atoms with Crippen molar-refractivity contribution in [3.63, 3.8) is 0 Å². The van der Waals surface area contributed by atoms with E-state index >= 15 is 0 Å². The minimum absolute atomic E-state index is 0.107. The zero-order valence-electron chi connectivity index (χ0n) is 11.8. The van der Waals surface area contributed by atoms with Crippen molar-refractivity contribution in [3.8, 4) is 28.6 Å². The molecule has 2 aromatic carbocycles. The fourth-order valence-electron chi connectivity index (χ4n) is 2.17. The standard InChI is InChI=1S/C15H10O8S/c16-10-7-8(5-6-12(10)23-24(19,20)21)15-14(18)13(17)9-3-1-2-4-11(9)22-15/h1-7,16,18H,(H,19,20,21). The van der Waals surface area contributed by atoms with Crippen molar-refractivity contribution in [3.05, 3.63) is 52.7 Å². The Bertz CT molecular complexity index is 1100. The van der Waals surface area contributed by atoms with Gasteiger partial charge in [-0.05, 0) is 30.3 Å². The SMILES string of the molecule is O=c1c(O)c(-c2ccc(OS(=O)(=O)O)c(O)c2)oc2ccccc12. The average Bonchev–Trinajstić information content (AvgIpc) is 2.52. The second-order valence-electron chi connectivity index (χ2n) is 4.80. The molecule has 1 aromatic heterocycles. The Hall–Kier alpha value is -3.04. The summed E-state index contributed by atoms with van der Waals surface area (Å²) in [6, 6.07) is 9.59. The number of fused-ring (bicyclic) bond motifs is 1. The second kappa shape index (κ2) is 5.55. The van der Waals surface area contributed by atoms with Gasteiger partial charge in [0.1, 0.15) is 5.58 Å². The smallest absolute Gasteiger partial charge is 0.446 e. The molecular formula is C15H10O8S. The maximum atomic E-state index is 12.2. The lowest BCUT2D eigenvalue weighted by Gasteiger charge is -2.08. The molecule has 3 N–H and O–H groups in total. The number of aromatic hydroxyl groups is 2. The number of rotatable bonds is 3. The van der Waals surface area contributed by atoms with Gasteiger partial charge in [0.05, 0.1) is 5.39 Å². The Morgan fingerprint density at radius 3 is 2.42 bits per heavy atom. The van der Waals surface area contributed by atoms with Gasteiger partial charge in [-0.15, -0.1) is 0 Å². The lowest BCUT2D eigenvalue weighted by Crippen LogP contribution is -2.06. The van der Waals surface area contributed by atoms with E-state index in [0.29, 0.717) is 0 Å². The highest BCUT2D eigenvalue weighted by Crippen LogP contribution is 2.36. The van der Waals surface area contributed by atoms with E-state index in [1.54, 1.807) is 12.1 Å². The molecule has 0 spiro atoms. The van der Waals surface area contributed by atoms with E-state index in [4.69, 9.17) is 8.97 Å². The third kappa shape index (κ3) is 2.90. The van der Waals surface area contributed by atoms with E-state index in [1.807, 2.05) is 0 Å². The van der Waals surface area contributed by atoms with Gasteiger partial charge in [-0.25, -0.2) is 0 Å². The van der Waals surface area contributed by atoms with Gasteiger partial charge in [0.15, 0.2) is 17.3 Å². The van der Waals surface area contributed by atoms with Gasteiger partial charge in [-0.1, -0.05) is 12.1 Å². The van der Waals surface area contributed by atoms with Crippen molar-refractivity contribution in [1.82, 2.24) is 0 Å². The normalized spacial score (nSPS) is 11.5. The molecule has 1 heterocycles. The number of phenolic OH excluding ortho intramolecular Hbond substituents is 1. The van der Waals surface area contributed by atoms with E-state index in [1.165, 1.54) is 18.2 Å². The Balaban J connectivity index is 2.16. The maximum Gasteiger partial charge on any atom is 0.446 e. The second-order valence-corrected chi connectivity index (χ2v) is 5.82. The minimum Gasteiger partial charge on any atom is -0.504 e. The van der Waals surface area contributed by atoms with Crippen molar-refractivity contribution < 1.29 is 31.8 Å². The highest BCUT2D eigenvalue weighted by Gasteiger charge is 2.18. The summed E-state index contributed by atoms with van der Waals surface area (Å²) in [7, 11) is -4.80. The van der Waals surface area contributed by atoms with E-state index in [-0.39, 0.29) is 22.3 Å². The van der Waals surface area contributed by atoms with Gasteiger partial charge in [-0.2, -0.15) is 8.42 Å². The lowest BCUT2D eigenvalue weighted by atomic mass is 10.1. The molecule has 0 fully saturated rings. The lowest BCUT2D eigenvalue weighted by molar-refractivity contribution is 0.371. The third-order valence-corrected chi connectivity index (χ3v) is 3.58. The van der Waals surface area contributed by atoms with Gasteiger partial charge < -0.3 is 18.8 Å². The molecule has 0 aliphatic carbocycles. The molecule has 0 amide bonds. The van der Waals surface area contributed by atoms with Crippen molar-refractivity contribution in [2.24, 2.45) is 0 Å². The number of benzene rings is 2. The predicted octanol–water partition coefficient (Wildman–Crippen LogP) is 2.05. The Morgan fingerprint density at radius 2 is 1.75 bits per heavy atom. The van der Waals surface area contributed by atoms with Gasteiger partial charge in [0, 0.05) is 5.56 Å². The molecule has 3 aromatic rings. The average molecular weight is 350 g/mol. The molecule has 0 aliphatic heterocycles. The number of hydrogen-bond acceptors (Lipinski definition) is 7. The highest BCUT2D eigenvalue weighted by molar-refractivity contribution is 7.81. The van der Waals surface area contributed by atoms with Crippen LogP contribution in [0.3, 0.4) is 0 Å². The summed E-state index contributed by atoms with van der Waals surface area (Å²) in [5, 5.41) is 20.0. The van der Waals surface area contributed by atoms with Crippen LogP contribution < -0.4 is 9.61 Å². The summed E-state index contributed by atoms with van der Waals surface area (Å²) in [5.41, 5.74) is -0.312. The summed E-state index contributed by atoms with van der Waals surface area (Å²) >= 11 is 0. The van der Waals surface area contributed by atoms with Crippen molar-refractivity contribution in [1.29, 1.82) is 0 Å². The third-order valence-electron chi connectivity index (χ3n) is 3.19. The van der Waals surface area contributed by atoms with Crippen LogP contribution in [0.5, 0.6) is 17.2 Å². The van der Waals surface area contributed by atoms with Crippen LogP contribution in [0.1, 0.15) is 0 Å². The van der Waals surface area contributed by atoms with Gasteiger partial charge >= 0.3 is 10.4 Å². The molecule has 124 valence electrons.